The lowest BCUT2D eigenvalue weighted by Gasteiger charge is -2.17. The second kappa shape index (κ2) is 5.96. The first-order valence-electron chi connectivity index (χ1n) is 6.11. The third kappa shape index (κ3) is 3.30. The van der Waals surface area contributed by atoms with Crippen LogP contribution in [0.3, 0.4) is 0 Å². The molecule has 0 saturated carbocycles. The SMILES string of the molecule is Oc1cccc(CNCC(F)(F)c2ccccc2)c1F. The highest BCUT2D eigenvalue weighted by Gasteiger charge is 2.30. The van der Waals surface area contributed by atoms with E-state index in [2.05, 4.69) is 5.32 Å². The van der Waals surface area contributed by atoms with Crippen molar-refractivity contribution >= 4 is 0 Å². The molecule has 0 spiro atoms. The van der Waals surface area contributed by atoms with Crippen molar-refractivity contribution in [2.45, 2.75) is 12.5 Å². The molecule has 2 aromatic carbocycles. The molecule has 2 aromatic rings. The first-order valence-corrected chi connectivity index (χ1v) is 6.11. The van der Waals surface area contributed by atoms with Gasteiger partial charge in [-0.3, -0.25) is 0 Å². The molecule has 0 radical (unpaired) electrons. The summed E-state index contributed by atoms with van der Waals surface area (Å²) < 4.78 is 41.1. The minimum Gasteiger partial charge on any atom is -0.505 e. The number of aromatic hydroxyl groups is 1. The van der Waals surface area contributed by atoms with Gasteiger partial charge in [-0.25, -0.2) is 4.39 Å². The summed E-state index contributed by atoms with van der Waals surface area (Å²) in [5.74, 6) is -4.31. The van der Waals surface area contributed by atoms with Gasteiger partial charge in [-0.15, -0.1) is 0 Å². The summed E-state index contributed by atoms with van der Waals surface area (Å²) in [6.07, 6.45) is 0. The first-order chi connectivity index (χ1) is 9.50. The normalized spacial score (nSPS) is 11.6. The van der Waals surface area contributed by atoms with Crippen LogP contribution < -0.4 is 5.32 Å². The highest BCUT2D eigenvalue weighted by molar-refractivity contribution is 5.29. The van der Waals surface area contributed by atoms with Crippen LogP contribution in [0, 0.1) is 5.82 Å². The third-order valence-electron chi connectivity index (χ3n) is 2.92. The van der Waals surface area contributed by atoms with E-state index < -0.39 is 24.0 Å². The van der Waals surface area contributed by atoms with Gasteiger partial charge in [-0.05, 0) is 6.07 Å². The summed E-state index contributed by atoms with van der Waals surface area (Å²) in [7, 11) is 0. The van der Waals surface area contributed by atoms with Crippen molar-refractivity contribution in [2.24, 2.45) is 0 Å². The molecule has 5 heteroatoms. The molecule has 0 amide bonds. The molecule has 20 heavy (non-hydrogen) atoms. The number of phenols is 1. The smallest absolute Gasteiger partial charge is 0.285 e. The van der Waals surface area contributed by atoms with Gasteiger partial charge in [-0.1, -0.05) is 42.5 Å². The zero-order valence-electron chi connectivity index (χ0n) is 10.6. The monoisotopic (exact) mass is 281 g/mol. The Kier molecular flexibility index (Phi) is 4.29. The number of phenolic OH excluding ortho intramolecular Hbond substituents is 1. The topological polar surface area (TPSA) is 32.3 Å². The Labute approximate surface area is 114 Å². The van der Waals surface area contributed by atoms with Crippen LogP contribution in [-0.2, 0) is 12.5 Å². The molecule has 0 heterocycles. The van der Waals surface area contributed by atoms with E-state index in [0.29, 0.717) is 0 Å². The summed E-state index contributed by atoms with van der Waals surface area (Å²) in [6.45, 7) is -0.686. The Morgan fingerprint density at radius 3 is 2.40 bits per heavy atom. The van der Waals surface area contributed by atoms with Crippen molar-refractivity contribution in [3.63, 3.8) is 0 Å². The van der Waals surface area contributed by atoms with E-state index in [1.807, 2.05) is 0 Å². The zero-order valence-corrected chi connectivity index (χ0v) is 10.6. The van der Waals surface area contributed by atoms with Gasteiger partial charge in [0.05, 0.1) is 6.54 Å². The van der Waals surface area contributed by atoms with Gasteiger partial charge in [-0.2, -0.15) is 8.78 Å². The van der Waals surface area contributed by atoms with Crippen molar-refractivity contribution < 1.29 is 18.3 Å². The van der Waals surface area contributed by atoms with Crippen LogP contribution in [-0.4, -0.2) is 11.7 Å². The average Bonchev–Trinajstić information content (AvgIpc) is 2.44. The molecule has 0 saturated heterocycles. The van der Waals surface area contributed by atoms with Crippen LogP contribution in [0.4, 0.5) is 13.2 Å². The molecular weight excluding hydrogens is 267 g/mol. The number of nitrogens with one attached hydrogen (secondary N) is 1. The number of alkyl halides is 2. The molecule has 0 aliphatic rings. The molecule has 2 N–H and O–H groups in total. The third-order valence-corrected chi connectivity index (χ3v) is 2.92. The maximum absolute atomic E-state index is 13.8. The molecule has 0 fully saturated rings. The van der Waals surface area contributed by atoms with Crippen molar-refractivity contribution in [2.75, 3.05) is 6.54 Å². The molecule has 0 aliphatic heterocycles. The molecule has 0 unspecified atom stereocenters. The van der Waals surface area contributed by atoms with E-state index in [1.54, 1.807) is 6.07 Å². The van der Waals surface area contributed by atoms with Crippen LogP contribution in [0.15, 0.2) is 48.5 Å². The number of hydrogen-bond donors (Lipinski definition) is 2. The van der Waals surface area contributed by atoms with Crippen molar-refractivity contribution in [3.8, 4) is 5.75 Å². The second-order valence-corrected chi connectivity index (χ2v) is 4.42. The summed E-state index contributed by atoms with van der Waals surface area (Å²) in [6, 6.07) is 11.5. The molecule has 2 nitrogen and oxygen atoms in total. The Hall–Kier alpha value is -2.01. The fourth-order valence-corrected chi connectivity index (χ4v) is 1.84. The van der Waals surface area contributed by atoms with Gasteiger partial charge >= 0.3 is 0 Å². The van der Waals surface area contributed by atoms with Gasteiger partial charge in [0.25, 0.3) is 5.92 Å². The average molecular weight is 281 g/mol. The van der Waals surface area contributed by atoms with E-state index in [0.717, 1.165) is 0 Å². The standard InChI is InChI=1S/C15H14F3NO/c16-14-11(5-4-8-13(14)20)9-19-10-15(17,18)12-6-2-1-3-7-12/h1-8,19-20H,9-10H2. The van der Waals surface area contributed by atoms with Crippen LogP contribution >= 0.6 is 0 Å². The number of benzene rings is 2. The lowest BCUT2D eigenvalue weighted by molar-refractivity contribution is -0.00349. The van der Waals surface area contributed by atoms with Gasteiger partial charge in [0, 0.05) is 17.7 Å². The van der Waals surface area contributed by atoms with Crippen LogP contribution in [0.1, 0.15) is 11.1 Å². The summed E-state index contributed by atoms with van der Waals surface area (Å²) >= 11 is 0. The molecular formula is C15H14F3NO. The van der Waals surface area contributed by atoms with Gasteiger partial charge in [0.2, 0.25) is 0 Å². The Morgan fingerprint density at radius 1 is 1.00 bits per heavy atom. The lowest BCUT2D eigenvalue weighted by Crippen LogP contribution is -2.30. The van der Waals surface area contributed by atoms with E-state index >= 15 is 0 Å². The Morgan fingerprint density at radius 2 is 1.70 bits per heavy atom. The predicted octanol–water partition coefficient (Wildman–Crippen LogP) is 3.41. The van der Waals surface area contributed by atoms with Crippen molar-refractivity contribution in [1.82, 2.24) is 5.32 Å². The molecule has 2 rings (SSSR count). The zero-order chi connectivity index (χ0) is 14.6. The molecule has 106 valence electrons. The van der Waals surface area contributed by atoms with E-state index in [-0.39, 0.29) is 17.7 Å². The van der Waals surface area contributed by atoms with Crippen LogP contribution in [0.2, 0.25) is 0 Å². The van der Waals surface area contributed by atoms with E-state index in [9.17, 15) is 18.3 Å². The molecule has 0 atom stereocenters. The van der Waals surface area contributed by atoms with Crippen LogP contribution in [0.5, 0.6) is 5.75 Å². The van der Waals surface area contributed by atoms with Crippen molar-refractivity contribution in [1.29, 1.82) is 0 Å². The second-order valence-electron chi connectivity index (χ2n) is 4.42. The lowest BCUT2D eigenvalue weighted by atomic mass is 10.1. The molecule has 0 bridgehead atoms. The summed E-state index contributed by atoms with van der Waals surface area (Å²) in [5, 5.41) is 11.7. The largest absolute Gasteiger partial charge is 0.505 e. The molecule has 0 aromatic heterocycles. The maximum Gasteiger partial charge on any atom is 0.285 e. The maximum atomic E-state index is 13.8. The molecule has 0 aliphatic carbocycles. The number of hydrogen-bond acceptors (Lipinski definition) is 2. The van der Waals surface area contributed by atoms with Gasteiger partial charge in [0.15, 0.2) is 11.6 Å². The van der Waals surface area contributed by atoms with Crippen molar-refractivity contribution in [3.05, 3.63) is 65.5 Å². The Balaban J connectivity index is 1.97. The number of rotatable bonds is 5. The highest BCUT2D eigenvalue weighted by atomic mass is 19.3. The minimum atomic E-state index is -3.03. The Bertz CT molecular complexity index is 573. The predicted molar refractivity (Wildman–Crippen MR) is 70.1 cm³/mol. The fourth-order valence-electron chi connectivity index (χ4n) is 1.84. The van der Waals surface area contributed by atoms with Gasteiger partial charge < -0.3 is 10.4 Å². The summed E-state index contributed by atoms with van der Waals surface area (Å²) in [4.78, 5) is 0. The van der Waals surface area contributed by atoms with Gasteiger partial charge in [0.1, 0.15) is 0 Å². The summed E-state index contributed by atoms with van der Waals surface area (Å²) in [5.41, 5.74) is 0.0535. The quantitative estimate of drug-likeness (QED) is 0.880. The number of halogens is 3. The fraction of sp³-hybridized carbons (Fsp3) is 0.200. The highest BCUT2D eigenvalue weighted by Crippen LogP contribution is 2.27. The first kappa shape index (κ1) is 14.4. The van der Waals surface area contributed by atoms with E-state index in [1.165, 1.54) is 42.5 Å². The van der Waals surface area contributed by atoms with Crippen LogP contribution in [0.25, 0.3) is 0 Å². The van der Waals surface area contributed by atoms with E-state index in [4.69, 9.17) is 0 Å². The minimum absolute atomic E-state index is 0.0807.